The lowest BCUT2D eigenvalue weighted by Gasteiger charge is -2.19. The van der Waals surface area contributed by atoms with Gasteiger partial charge in [0.25, 0.3) is 0 Å². The van der Waals surface area contributed by atoms with Crippen LogP contribution >= 0.6 is 11.8 Å². The molecule has 5 amide bonds. The predicted octanol–water partition coefficient (Wildman–Crippen LogP) is -1.54. The number of phenolic OH excluding ortho intramolecular Hbond substituents is 1. The van der Waals surface area contributed by atoms with E-state index >= 15 is 0 Å². The highest BCUT2D eigenvalue weighted by molar-refractivity contribution is 7.98. The zero-order valence-corrected chi connectivity index (χ0v) is 33.9. The van der Waals surface area contributed by atoms with Crippen molar-refractivity contribution in [2.45, 2.75) is 57.2 Å². The van der Waals surface area contributed by atoms with Gasteiger partial charge in [-0.2, -0.15) is 11.8 Å². The molecule has 57 heavy (non-hydrogen) atoms. The topological polar surface area (TPSA) is 279 Å². The summed E-state index contributed by atoms with van der Waals surface area (Å²) >= 11 is 1.62. The van der Waals surface area contributed by atoms with Gasteiger partial charge >= 0.3 is 0 Å². The normalized spacial score (nSPS) is 12.6. The molecule has 20 heteroatoms. The Labute approximate surface area is 339 Å². The van der Waals surface area contributed by atoms with Gasteiger partial charge in [-0.05, 0) is 56.6 Å². The van der Waals surface area contributed by atoms with E-state index in [0.717, 1.165) is 5.75 Å². The fourth-order valence-electron chi connectivity index (χ4n) is 4.68. The summed E-state index contributed by atoms with van der Waals surface area (Å²) in [5.41, 5.74) is 14.3. The molecule has 0 aliphatic heterocycles. The first kappa shape index (κ1) is 51.1. The standard InChI is InChI=1S/C37H62N7O12S/c1-27(44-37(51)30(38)23-28-6-8-29(45)9-7-28)32(46)24-43-31(36(39)50)5-3-4-11-40-34(48)25-56-21-19-54-17-16-52-15-13-42-35(49)26-55-20-18-53-14-12-41-33(47)10-22-57-2/h6-9,27,30-31,38,43,45H,3-5,10-26H2,1-2H3,(H2,39,50)(H,40,48)(H,41,47)(H,42,49)(H,44,51)/t27?,30-,31-/m0/s1. The van der Waals surface area contributed by atoms with Crippen molar-refractivity contribution in [1.82, 2.24) is 32.3 Å². The molecule has 0 aliphatic carbocycles. The van der Waals surface area contributed by atoms with Crippen molar-refractivity contribution in [2.75, 3.05) is 104 Å². The Balaban J connectivity index is 1.98. The van der Waals surface area contributed by atoms with Crippen LogP contribution in [0, 0.1) is 0 Å². The second-order valence-electron chi connectivity index (χ2n) is 12.7. The average molecular weight is 829 g/mol. The van der Waals surface area contributed by atoms with E-state index in [9.17, 15) is 33.9 Å². The Morgan fingerprint density at radius 3 is 1.84 bits per heavy atom. The van der Waals surface area contributed by atoms with E-state index in [1.807, 2.05) is 6.26 Å². The van der Waals surface area contributed by atoms with E-state index in [2.05, 4.69) is 26.6 Å². The predicted molar refractivity (Wildman–Crippen MR) is 212 cm³/mol. The molecule has 323 valence electrons. The zero-order valence-electron chi connectivity index (χ0n) is 33.1. The van der Waals surface area contributed by atoms with Crippen LogP contribution in [0.3, 0.4) is 0 Å². The number of hydrogen-bond donors (Lipinski definition) is 7. The molecule has 0 heterocycles. The maximum absolute atomic E-state index is 12.6. The Morgan fingerprint density at radius 2 is 1.28 bits per heavy atom. The summed E-state index contributed by atoms with van der Waals surface area (Å²) < 4.78 is 26.7. The maximum atomic E-state index is 12.6. The molecular formula is C37H62N7O12S. The summed E-state index contributed by atoms with van der Waals surface area (Å²) in [5, 5.41) is 22.9. The van der Waals surface area contributed by atoms with Crippen LogP contribution in [0.5, 0.6) is 5.75 Å². The van der Waals surface area contributed by atoms with Crippen LogP contribution in [-0.2, 0) is 58.9 Å². The van der Waals surface area contributed by atoms with Crippen LogP contribution < -0.4 is 38.1 Å². The van der Waals surface area contributed by atoms with E-state index in [4.69, 9.17) is 35.2 Å². The molecule has 1 radical (unpaired) electrons. The molecule has 1 rings (SSSR count). The van der Waals surface area contributed by atoms with Crippen molar-refractivity contribution in [3.8, 4) is 5.75 Å². The molecule has 1 aromatic rings. The Kier molecular flexibility index (Phi) is 29.7. The number of benzene rings is 1. The number of unbranched alkanes of at least 4 members (excludes halogenated alkanes) is 1. The zero-order chi connectivity index (χ0) is 42.1. The summed E-state index contributed by atoms with van der Waals surface area (Å²) in [6.07, 6.45) is 3.98. The van der Waals surface area contributed by atoms with Crippen molar-refractivity contribution in [2.24, 2.45) is 5.73 Å². The van der Waals surface area contributed by atoms with Crippen molar-refractivity contribution in [1.29, 1.82) is 0 Å². The maximum Gasteiger partial charge on any atom is 0.246 e. The minimum Gasteiger partial charge on any atom is -0.508 e. The molecule has 19 nitrogen and oxygen atoms in total. The quantitative estimate of drug-likeness (QED) is 0.0378. The fraction of sp³-hybridized carbons (Fsp3) is 0.676. The third-order valence-corrected chi connectivity index (χ3v) is 8.51. The molecule has 0 spiro atoms. The van der Waals surface area contributed by atoms with E-state index in [1.54, 1.807) is 23.9 Å². The molecule has 0 aromatic heterocycles. The van der Waals surface area contributed by atoms with E-state index in [0.29, 0.717) is 83.9 Å². The third kappa shape index (κ3) is 28.2. The molecule has 0 aliphatic rings. The van der Waals surface area contributed by atoms with Gasteiger partial charge in [-0.3, -0.25) is 34.1 Å². The number of ketones is 1. The number of nitrogens with two attached hydrogens (primary N) is 1. The van der Waals surface area contributed by atoms with E-state index < -0.39 is 29.9 Å². The first-order valence-corrected chi connectivity index (χ1v) is 20.3. The lowest BCUT2D eigenvalue weighted by atomic mass is 10.0. The number of carbonyl (C=O) groups excluding carboxylic acids is 6. The minimum absolute atomic E-state index is 0.00336. The van der Waals surface area contributed by atoms with Crippen LogP contribution in [0.1, 0.15) is 38.2 Å². The van der Waals surface area contributed by atoms with Gasteiger partial charge in [0.1, 0.15) is 25.0 Å². The summed E-state index contributed by atoms with van der Waals surface area (Å²) in [6.45, 7) is 4.51. The number of hydrogen-bond acceptors (Lipinski definition) is 14. The van der Waals surface area contributed by atoms with Gasteiger partial charge in [-0.1, -0.05) is 12.1 Å². The van der Waals surface area contributed by atoms with Crippen LogP contribution in [0.2, 0.25) is 0 Å². The highest BCUT2D eigenvalue weighted by Gasteiger charge is 2.23. The number of ether oxygens (including phenoxy) is 5. The summed E-state index contributed by atoms with van der Waals surface area (Å²) in [7, 11) is 0. The first-order chi connectivity index (χ1) is 27.4. The molecule has 0 fully saturated rings. The van der Waals surface area contributed by atoms with Crippen LogP contribution in [-0.4, -0.2) is 163 Å². The molecule has 0 saturated heterocycles. The number of nitrogens with one attached hydrogen (secondary N) is 6. The van der Waals surface area contributed by atoms with Crippen molar-refractivity contribution in [3.63, 3.8) is 0 Å². The van der Waals surface area contributed by atoms with Gasteiger partial charge in [0.15, 0.2) is 5.78 Å². The average Bonchev–Trinajstić information content (AvgIpc) is 3.18. The SMILES string of the molecule is CSCCC(=O)NCCOCCOCC(=O)NCCOCCOCCOCC(=O)NCCCC[C@H](NCC(=O)C(C)NC(=O)[C@@H]([NH])Cc1ccc(O)cc1)C(N)=O. The highest BCUT2D eigenvalue weighted by atomic mass is 32.2. The van der Waals surface area contributed by atoms with E-state index in [-0.39, 0.29) is 75.3 Å². The molecule has 1 aromatic carbocycles. The lowest BCUT2D eigenvalue weighted by molar-refractivity contribution is -0.128. The van der Waals surface area contributed by atoms with Gasteiger partial charge in [-0.15, -0.1) is 0 Å². The second-order valence-corrected chi connectivity index (χ2v) is 13.7. The molecule has 3 atom stereocenters. The van der Waals surface area contributed by atoms with Gasteiger partial charge < -0.3 is 55.8 Å². The molecule has 1 unspecified atom stereocenters. The number of rotatable bonds is 36. The number of carbonyl (C=O) groups is 6. The number of thioether (sulfide) groups is 1. The Bertz CT molecular complexity index is 1310. The molecule has 9 N–H and O–H groups in total. The van der Waals surface area contributed by atoms with Crippen LogP contribution in [0.15, 0.2) is 24.3 Å². The van der Waals surface area contributed by atoms with E-state index in [1.165, 1.54) is 19.1 Å². The number of primary amides is 1. The summed E-state index contributed by atoms with van der Waals surface area (Å²) in [4.78, 5) is 72.2. The minimum atomic E-state index is -1.14. The van der Waals surface area contributed by atoms with Gasteiger partial charge in [0, 0.05) is 31.8 Å². The second kappa shape index (κ2) is 33.1. The highest BCUT2D eigenvalue weighted by Crippen LogP contribution is 2.11. The number of phenols is 1. The number of amides is 5. The van der Waals surface area contributed by atoms with Crippen molar-refractivity contribution < 1.29 is 57.6 Å². The largest absolute Gasteiger partial charge is 0.508 e. The number of Topliss-reactive ketones (excluding diaryl/α,β-unsaturated/α-hetero) is 1. The monoisotopic (exact) mass is 828 g/mol. The molecule has 0 bridgehead atoms. The summed E-state index contributed by atoms with van der Waals surface area (Å²) in [5.74, 6) is -1.34. The summed E-state index contributed by atoms with van der Waals surface area (Å²) in [6, 6.07) is 3.36. The van der Waals surface area contributed by atoms with Gasteiger partial charge in [-0.25, -0.2) is 5.73 Å². The first-order valence-electron chi connectivity index (χ1n) is 18.9. The van der Waals surface area contributed by atoms with Crippen molar-refractivity contribution in [3.05, 3.63) is 29.8 Å². The molecule has 0 saturated carbocycles. The lowest BCUT2D eigenvalue weighted by Crippen LogP contribution is -2.50. The van der Waals surface area contributed by atoms with Crippen LogP contribution in [0.4, 0.5) is 0 Å². The number of aromatic hydroxyl groups is 1. The van der Waals surface area contributed by atoms with Crippen LogP contribution in [0.25, 0.3) is 0 Å². The Hall–Kier alpha value is -3.89. The smallest absolute Gasteiger partial charge is 0.246 e. The fourth-order valence-corrected chi connectivity index (χ4v) is 5.07. The van der Waals surface area contributed by atoms with Crippen molar-refractivity contribution >= 4 is 47.1 Å². The Morgan fingerprint density at radius 1 is 0.754 bits per heavy atom. The molecular weight excluding hydrogens is 767 g/mol. The van der Waals surface area contributed by atoms with Gasteiger partial charge in [0.05, 0.1) is 71.5 Å². The van der Waals surface area contributed by atoms with Gasteiger partial charge in [0.2, 0.25) is 29.5 Å². The third-order valence-electron chi connectivity index (χ3n) is 7.89.